The number of carbonyl (C=O) groups excluding carboxylic acids is 1. The third-order valence-electron chi connectivity index (χ3n) is 3.47. The number of hydrogen-bond donors (Lipinski definition) is 1. The van der Waals surface area contributed by atoms with Crippen LogP contribution >= 0.6 is 0 Å². The number of aliphatic hydroxyl groups is 1. The van der Waals surface area contributed by atoms with E-state index in [4.69, 9.17) is 24.1 Å². The van der Waals surface area contributed by atoms with Gasteiger partial charge in [0, 0.05) is 11.0 Å². The summed E-state index contributed by atoms with van der Waals surface area (Å²) in [4.78, 5) is 11.2. The molecule has 0 atom stereocenters. The molecule has 0 saturated heterocycles. The third-order valence-corrected chi connectivity index (χ3v) is 3.47. The Hall–Kier alpha value is -2.57. The van der Waals surface area contributed by atoms with Gasteiger partial charge in [0.2, 0.25) is 0 Å². The van der Waals surface area contributed by atoms with Gasteiger partial charge in [0.1, 0.15) is 31.3 Å². The van der Waals surface area contributed by atoms with Crippen molar-refractivity contribution in [1.29, 1.82) is 0 Å². The summed E-state index contributed by atoms with van der Waals surface area (Å²) in [5.74, 6) is 1.05. The summed E-state index contributed by atoms with van der Waals surface area (Å²) < 4.78 is 21.5. The molecule has 26 heavy (non-hydrogen) atoms. The van der Waals surface area contributed by atoms with Crippen LogP contribution in [0.15, 0.2) is 48.6 Å². The lowest BCUT2D eigenvalue weighted by Gasteiger charge is -2.11. The normalized spacial score (nSPS) is 10.5. The lowest BCUT2D eigenvalue weighted by Crippen LogP contribution is -2.13. The molecule has 0 spiro atoms. The molecular formula is C20H24O6. The van der Waals surface area contributed by atoms with Gasteiger partial charge >= 0.3 is 5.97 Å². The van der Waals surface area contributed by atoms with Crippen molar-refractivity contribution in [3.63, 3.8) is 0 Å². The first-order valence-electron chi connectivity index (χ1n) is 8.41. The van der Waals surface area contributed by atoms with Crippen molar-refractivity contribution < 1.29 is 28.8 Å². The maximum atomic E-state index is 11.2. The van der Waals surface area contributed by atoms with E-state index in [1.807, 2.05) is 36.4 Å². The highest BCUT2D eigenvalue weighted by molar-refractivity contribution is 5.89. The first-order chi connectivity index (χ1) is 12.6. The van der Waals surface area contributed by atoms with Gasteiger partial charge < -0.3 is 24.1 Å². The maximum Gasteiger partial charge on any atom is 0.333 e. The molecule has 0 aromatic heterocycles. The minimum absolute atomic E-state index is 0.0238. The highest BCUT2D eigenvalue weighted by atomic mass is 16.6. The van der Waals surface area contributed by atoms with E-state index in [1.54, 1.807) is 6.92 Å². The molecule has 0 aliphatic heterocycles. The summed E-state index contributed by atoms with van der Waals surface area (Å²) in [6.07, 6.45) is 0. The van der Waals surface area contributed by atoms with Gasteiger partial charge in [0.15, 0.2) is 0 Å². The van der Waals surface area contributed by atoms with E-state index in [2.05, 4.69) is 6.58 Å². The summed E-state index contributed by atoms with van der Waals surface area (Å²) in [6, 6.07) is 11.5. The van der Waals surface area contributed by atoms with Gasteiger partial charge in [-0.15, -0.1) is 0 Å². The molecular weight excluding hydrogens is 336 g/mol. The number of carbonyl (C=O) groups is 1. The minimum atomic E-state index is -0.414. The second-order valence-electron chi connectivity index (χ2n) is 5.59. The van der Waals surface area contributed by atoms with Crippen LogP contribution in [0, 0.1) is 0 Å². The molecule has 0 heterocycles. The van der Waals surface area contributed by atoms with Gasteiger partial charge in [0.25, 0.3) is 0 Å². The summed E-state index contributed by atoms with van der Waals surface area (Å²) in [7, 11) is 0. The van der Waals surface area contributed by atoms with Crippen LogP contribution in [0.1, 0.15) is 6.92 Å². The zero-order chi connectivity index (χ0) is 18.8. The lowest BCUT2D eigenvalue weighted by molar-refractivity contribution is -0.140. The Morgan fingerprint density at radius 1 is 1.04 bits per heavy atom. The Bertz CT molecular complexity index is 740. The molecule has 2 aromatic rings. The van der Waals surface area contributed by atoms with Crippen LogP contribution in [-0.4, -0.2) is 50.7 Å². The molecule has 0 aliphatic rings. The second kappa shape index (κ2) is 10.4. The smallest absolute Gasteiger partial charge is 0.333 e. The SMILES string of the molecule is C=C(C)C(=O)OCCOCCOc1ccc2c(OCCO)cccc2c1. The van der Waals surface area contributed by atoms with Gasteiger partial charge in [-0.25, -0.2) is 4.79 Å². The summed E-state index contributed by atoms with van der Waals surface area (Å²) in [5, 5.41) is 10.8. The molecule has 0 bridgehead atoms. The predicted octanol–water partition coefficient (Wildman–Crippen LogP) is 2.73. The van der Waals surface area contributed by atoms with E-state index in [1.165, 1.54) is 0 Å². The Labute approximate surface area is 152 Å². The molecule has 140 valence electrons. The van der Waals surface area contributed by atoms with Crippen molar-refractivity contribution >= 4 is 16.7 Å². The molecule has 0 aliphatic carbocycles. The molecule has 0 radical (unpaired) electrons. The Morgan fingerprint density at radius 3 is 2.62 bits per heavy atom. The number of benzene rings is 2. The predicted molar refractivity (Wildman–Crippen MR) is 98.6 cm³/mol. The molecule has 0 saturated carbocycles. The molecule has 6 heteroatoms. The van der Waals surface area contributed by atoms with Crippen LogP contribution in [0.5, 0.6) is 11.5 Å². The molecule has 0 fully saturated rings. The fraction of sp³-hybridized carbons (Fsp3) is 0.350. The Balaban J connectivity index is 1.75. The number of ether oxygens (including phenoxy) is 4. The van der Waals surface area contributed by atoms with E-state index >= 15 is 0 Å². The zero-order valence-electron chi connectivity index (χ0n) is 14.9. The van der Waals surface area contributed by atoms with Gasteiger partial charge in [-0.1, -0.05) is 18.7 Å². The maximum absolute atomic E-state index is 11.2. The number of esters is 1. The Kier molecular flexibility index (Phi) is 7.92. The largest absolute Gasteiger partial charge is 0.491 e. The van der Waals surface area contributed by atoms with Crippen LogP contribution in [0.4, 0.5) is 0 Å². The number of aliphatic hydroxyl groups excluding tert-OH is 1. The monoisotopic (exact) mass is 360 g/mol. The molecule has 2 rings (SSSR count). The zero-order valence-corrected chi connectivity index (χ0v) is 14.9. The molecule has 0 amide bonds. The summed E-state index contributed by atoms with van der Waals surface area (Å²) in [5.41, 5.74) is 0.370. The first-order valence-corrected chi connectivity index (χ1v) is 8.41. The second-order valence-corrected chi connectivity index (χ2v) is 5.59. The minimum Gasteiger partial charge on any atom is -0.491 e. The van der Waals surface area contributed by atoms with Crippen molar-refractivity contribution in [3.8, 4) is 11.5 Å². The van der Waals surface area contributed by atoms with E-state index in [9.17, 15) is 4.79 Å². The van der Waals surface area contributed by atoms with E-state index in [0.717, 1.165) is 22.3 Å². The van der Waals surface area contributed by atoms with Crippen molar-refractivity contribution in [1.82, 2.24) is 0 Å². The van der Waals surface area contributed by atoms with Crippen LogP contribution in [0.25, 0.3) is 10.8 Å². The number of hydrogen-bond acceptors (Lipinski definition) is 6. The van der Waals surface area contributed by atoms with E-state index in [0.29, 0.717) is 25.4 Å². The standard InChI is InChI=1S/C20H24O6/c1-15(2)20(22)26-13-11-23-10-12-24-17-6-7-18-16(14-17)4-3-5-19(18)25-9-8-21/h3-7,14,21H,1,8-13H2,2H3. The highest BCUT2D eigenvalue weighted by Crippen LogP contribution is 2.28. The van der Waals surface area contributed by atoms with Gasteiger partial charge in [-0.05, 0) is 36.6 Å². The van der Waals surface area contributed by atoms with Crippen LogP contribution < -0.4 is 9.47 Å². The van der Waals surface area contributed by atoms with Gasteiger partial charge in [0.05, 0.1) is 19.8 Å². The molecule has 6 nitrogen and oxygen atoms in total. The van der Waals surface area contributed by atoms with Crippen LogP contribution in [0.2, 0.25) is 0 Å². The topological polar surface area (TPSA) is 74.2 Å². The van der Waals surface area contributed by atoms with Crippen molar-refractivity contribution in [2.24, 2.45) is 0 Å². The third kappa shape index (κ3) is 6.06. The van der Waals surface area contributed by atoms with Crippen molar-refractivity contribution in [3.05, 3.63) is 48.6 Å². The average Bonchev–Trinajstić information content (AvgIpc) is 2.64. The highest BCUT2D eigenvalue weighted by Gasteiger charge is 2.04. The molecule has 2 aromatic carbocycles. The Morgan fingerprint density at radius 2 is 1.85 bits per heavy atom. The van der Waals surface area contributed by atoms with E-state index < -0.39 is 5.97 Å². The molecule has 1 N–H and O–H groups in total. The molecule has 0 unspecified atom stereocenters. The van der Waals surface area contributed by atoms with Crippen molar-refractivity contribution in [2.45, 2.75) is 6.92 Å². The summed E-state index contributed by atoms with van der Waals surface area (Å²) in [6.45, 7) is 6.62. The quantitative estimate of drug-likeness (QED) is 0.377. The van der Waals surface area contributed by atoms with Crippen molar-refractivity contribution in [2.75, 3.05) is 39.6 Å². The van der Waals surface area contributed by atoms with Crippen LogP contribution in [0.3, 0.4) is 0 Å². The van der Waals surface area contributed by atoms with Crippen LogP contribution in [-0.2, 0) is 14.3 Å². The number of fused-ring (bicyclic) bond motifs is 1. The van der Waals surface area contributed by atoms with E-state index in [-0.39, 0.29) is 19.8 Å². The van der Waals surface area contributed by atoms with Gasteiger partial charge in [-0.3, -0.25) is 0 Å². The first kappa shape index (κ1) is 19.8. The van der Waals surface area contributed by atoms with Gasteiger partial charge in [-0.2, -0.15) is 0 Å². The fourth-order valence-corrected chi connectivity index (χ4v) is 2.24. The average molecular weight is 360 g/mol. The number of rotatable bonds is 11. The summed E-state index contributed by atoms with van der Waals surface area (Å²) >= 11 is 0. The lowest BCUT2D eigenvalue weighted by atomic mass is 10.1. The fourth-order valence-electron chi connectivity index (χ4n) is 2.24.